The van der Waals surface area contributed by atoms with Crippen LogP contribution in [-0.2, 0) is 16.6 Å². The molecule has 0 spiro atoms. The molecule has 1 heterocycles. The number of hydrogen-bond acceptors (Lipinski definition) is 6. The molecule has 0 unspecified atom stereocenters. The molecular weight excluding hydrogens is 336 g/mol. The van der Waals surface area contributed by atoms with E-state index in [2.05, 4.69) is 4.72 Å². The molecule has 0 saturated heterocycles. The van der Waals surface area contributed by atoms with Crippen LogP contribution >= 0.6 is 0 Å². The van der Waals surface area contributed by atoms with Gasteiger partial charge in [0.2, 0.25) is 10.0 Å². The third kappa shape index (κ3) is 3.31. The van der Waals surface area contributed by atoms with Gasteiger partial charge in [-0.1, -0.05) is 12.1 Å². The summed E-state index contributed by atoms with van der Waals surface area (Å²) in [5.74, 6) is 1.10. The predicted octanol–water partition coefficient (Wildman–Crippen LogP) is 1.84. The van der Waals surface area contributed by atoms with E-state index in [4.69, 9.17) is 9.47 Å². The van der Waals surface area contributed by atoms with Gasteiger partial charge in [-0.3, -0.25) is 10.1 Å². The molecule has 0 fully saturated rings. The SMILES string of the molecule is O=[N+]([O-])c1ccc(S(=O)(=O)NCc2cccc3c2OCCO3)cc1. The van der Waals surface area contributed by atoms with E-state index in [0.29, 0.717) is 30.3 Å². The molecule has 24 heavy (non-hydrogen) atoms. The molecule has 1 aliphatic rings. The lowest BCUT2D eigenvalue weighted by Gasteiger charge is -2.21. The maximum absolute atomic E-state index is 12.3. The van der Waals surface area contributed by atoms with E-state index in [0.717, 1.165) is 12.1 Å². The first kappa shape index (κ1) is 16.2. The standard InChI is InChI=1S/C15H14N2O6S/c18-17(19)12-4-6-13(7-5-12)24(20,21)16-10-11-2-1-3-14-15(11)23-9-8-22-14/h1-7,16H,8-10H2. The summed E-state index contributed by atoms with van der Waals surface area (Å²) in [7, 11) is -3.80. The number of rotatable bonds is 5. The van der Waals surface area contributed by atoms with Crippen LogP contribution in [0.1, 0.15) is 5.56 Å². The number of nitro benzene ring substituents is 1. The van der Waals surface area contributed by atoms with Gasteiger partial charge in [-0.2, -0.15) is 0 Å². The molecule has 3 rings (SSSR count). The average Bonchev–Trinajstić information content (AvgIpc) is 2.60. The maximum Gasteiger partial charge on any atom is 0.269 e. The number of nitrogens with zero attached hydrogens (tertiary/aromatic N) is 1. The second-order valence-corrected chi connectivity index (χ2v) is 6.78. The number of nitro groups is 1. The Hall–Kier alpha value is -2.65. The molecule has 0 bridgehead atoms. The van der Waals surface area contributed by atoms with Gasteiger partial charge in [0, 0.05) is 24.2 Å². The molecule has 126 valence electrons. The first-order valence-corrected chi connectivity index (χ1v) is 8.57. The van der Waals surface area contributed by atoms with Crippen LogP contribution in [0, 0.1) is 10.1 Å². The van der Waals surface area contributed by atoms with Crippen molar-refractivity contribution in [2.75, 3.05) is 13.2 Å². The van der Waals surface area contributed by atoms with Crippen LogP contribution in [-0.4, -0.2) is 26.6 Å². The summed E-state index contributed by atoms with van der Waals surface area (Å²) in [5.41, 5.74) is 0.481. The van der Waals surface area contributed by atoms with Crippen molar-refractivity contribution < 1.29 is 22.8 Å². The summed E-state index contributed by atoms with van der Waals surface area (Å²) in [6, 6.07) is 9.94. The Morgan fingerprint density at radius 2 is 1.79 bits per heavy atom. The fourth-order valence-corrected chi connectivity index (χ4v) is 3.28. The van der Waals surface area contributed by atoms with Crippen LogP contribution in [0.4, 0.5) is 5.69 Å². The topological polar surface area (TPSA) is 108 Å². The quantitative estimate of drug-likeness (QED) is 0.651. The highest BCUT2D eigenvalue weighted by Gasteiger charge is 2.19. The summed E-state index contributed by atoms with van der Waals surface area (Å²) in [6.45, 7) is 0.871. The van der Waals surface area contributed by atoms with Crippen LogP contribution in [0.3, 0.4) is 0 Å². The second-order valence-electron chi connectivity index (χ2n) is 5.02. The number of sulfonamides is 1. The molecule has 0 radical (unpaired) electrons. The van der Waals surface area contributed by atoms with Crippen LogP contribution in [0.25, 0.3) is 0 Å². The van der Waals surface area contributed by atoms with E-state index in [1.54, 1.807) is 18.2 Å². The zero-order chi connectivity index (χ0) is 17.2. The minimum atomic E-state index is -3.80. The van der Waals surface area contributed by atoms with Gasteiger partial charge in [0.1, 0.15) is 13.2 Å². The Morgan fingerprint density at radius 1 is 1.08 bits per heavy atom. The molecule has 2 aromatic carbocycles. The van der Waals surface area contributed by atoms with Gasteiger partial charge in [0.05, 0.1) is 9.82 Å². The molecule has 0 saturated carbocycles. The fourth-order valence-electron chi connectivity index (χ4n) is 2.28. The lowest BCUT2D eigenvalue weighted by Crippen LogP contribution is -2.24. The van der Waals surface area contributed by atoms with E-state index in [-0.39, 0.29) is 17.1 Å². The van der Waals surface area contributed by atoms with Crippen molar-refractivity contribution in [1.29, 1.82) is 0 Å². The molecule has 1 N–H and O–H groups in total. The first-order chi connectivity index (χ1) is 11.5. The molecule has 1 aliphatic heterocycles. The summed E-state index contributed by atoms with van der Waals surface area (Å²) >= 11 is 0. The molecule has 0 amide bonds. The number of nitrogens with one attached hydrogen (secondary N) is 1. The number of non-ortho nitro benzene ring substituents is 1. The van der Waals surface area contributed by atoms with E-state index in [1.807, 2.05) is 0 Å². The zero-order valence-electron chi connectivity index (χ0n) is 12.5. The van der Waals surface area contributed by atoms with E-state index in [9.17, 15) is 18.5 Å². The number of ether oxygens (including phenoxy) is 2. The largest absolute Gasteiger partial charge is 0.486 e. The molecule has 8 nitrogen and oxygen atoms in total. The highest BCUT2D eigenvalue weighted by molar-refractivity contribution is 7.89. The third-order valence-corrected chi connectivity index (χ3v) is 4.88. The van der Waals surface area contributed by atoms with Crippen LogP contribution in [0.5, 0.6) is 11.5 Å². The number of benzene rings is 2. The second kappa shape index (κ2) is 6.46. The first-order valence-electron chi connectivity index (χ1n) is 7.09. The van der Waals surface area contributed by atoms with Crippen molar-refractivity contribution in [2.24, 2.45) is 0 Å². The van der Waals surface area contributed by atoms with Gasteiger partial charge in [-0.15, -0.1) is 0 Å². The minimum Gasteiger partial charge on any atom is -0.486 e. The van der Waals surface area contributed by atoms with Crippen molar-refractivity contribution in [3.8, 4) is 11.5 Å². The molecule has 0 aromatic heterocycles. The van der Waals surface area contributed by atoms with Gasteiger partial charge >= 0.3 is 0 Å². The normalized spacial score (nSPS) is 13.5. The Labute approximate surface area is 138 Å². The monoisotopic (exact) mass is 350 g/mol. The minimum absolute atomic E-state index is 0.0197. The van der Waals surface area contributed by atoms with E-state index in [1.165, 1.54) is 12.1 Å². The van der Waals surface area contributed by atoms with E-state index < -0.39 is 14.9 Å². The van der Waals surface area contributed by atoms with Gasteiger partial charge < -0.3 is 9.47 Å². The Bertz CT molecular complexity index is 864. The molecule has 0 atom stereocenters. The third-order valence-electron chi connectivity index (χ3n) is 3.46. The predicted molar refractivity (Wildman–Crippen MR) is 84.6 cm³/mol. The van der Waals surface area contributed by atoms with Crippen molar-refractivity contribution in [3.63, 3.8) is 0 Å². The van der Waals surface area contributed by atoms with Gasteiger partial charge in [-0.05, 0) is 18.2 Å². The average molecular weight is 350 g/mol. The summed E-state index contributed by atoms with van der Waals surface area (Å²) in [6.07, 6.45) is 0. The molecular formula is C15H14N2O6S. The van der Waals surface area contributed by atoms with Gasteiger partial charge in [0.25, 0.3) is 5.69 Å². The van der Waals surface area contributed by atoms with Crippen molar-refractivity contribution >= 4 is 15.7 Å². The Kier molecular flexibility index (Phi) is 4.36. The fraction of sp³-hybridized carbons (Fsp3) is 0.200. The summed E-state index contributed by atoms with van der Waals surface area (Å²) in [4.78, 5) is 9.99. The summed E-state index contributed by atoms with van der Waals surface area (Å²) < 4.78 is 38.0. The van der Waals surface area contributed by atoms with Crippen molar-refractivity contribution in [3.05, 3.63) is 58.1 Å². The van der Waals surface area contributed by atoms with Crippen LogP contribution in [0.2, 0.25) is 0 Å². The lowest BCUT2D eigenvalue weighted by atomic mass is 10.2. The van der Waals surface area contributed by atoms with Gasteiger partial charge in [-0.25, -0.2) is 13.1 Å². The number of para-hydroxylation sites is 1. The molecule has 0 aliphatic carbocycles. The van der Waals surface area contributed by atoms with Gasteiger partial charge in [0.15, 0.2) is 11.5 Å². The van der Waals surface area contributed by atoms with Crippen molar-refractivity contribution in [1.82, 2.24) is 4.72 Å². The zero-order valence-corrected chi connectivity index (χ0v) is 13.3. The Balaban J connectivity index is 1.77. The lowest BCUT2D eigenvalue weighted by molar-refractivity contribution is -0.384. The van der Waals surface area contributed by atoms with Crippen LogP contribution in [0.15, 0.2) is 47.4 Å². The molecule has 9 heteroatoms. The van der Waals surface area contributed by atoms with E-state index >= 15 is 0 Å². The smallest absolute Gasteiger partial charge is 0.269 e. The maximum atomic E-state index is 12.3. The number of hydrogen-bond donors (Lipinski definition) is 1. The highest BCUT2D eigenvalue weighted by atomic mass is 32.2. The Morgan fingerprint density at radius 3 is 2.50 bits per heavy atom. The molecule has 2 aromatic rings. The highest BCUT2D eigenvalue weighted by Crippen LogP contribution is 2.33. The number of fused-ring (bicyclic) bond motifs is 1. The summed E-state index contributed by atoms with van der Waals surface area (Å²) in [5, 5.41) is 10.6. The van der Waals surface area contributed by atoms with Crippen molar-refractivity contribution in [2.45, 2.75) is 11.4 Å². The van der Waals surface area contributed by atoms with Crippen LogP contribution < -0.4 is 14.2 Å².